The molecule has 0 spiro atoms. The molecule has 2 N–H and O–H groups in total. The molecule has 6 nitrogen and oxygen atoms in total. The maximum atomic E-state index is 11.6. The summed E-state index contributed by atoms with van der Waals surface area (Å²) in [5, 5.41) is 11.5. The number of benzene rings is 1. The Bertz CT molecular complexity index is 488. The standard InChI is InChI=1S/C15H21NO5/c1-10(9-17)16-14(18)6-5-11-7-12(19-2)15(21-4)13(8-11)20-3/h5-8,10,17H,9H2,1-4H3,(H,16,18)/b6-5+/t10-/m0/s1. The number of methoxy groups -OCH3 is 3. The monoisotopic (exact) mass is 295 g/mol. The molecule has 1 aromatic carbocycles. The van der Waals surface area contributed by atoms with E-state index in [4.69, 9.17) is 19.3 Å². The first-order chi connectivity index (χ1) is 10.0. The van der Waals surface area contributed by atoms with Gasteiger partial charge in [-0.15, -0.1) is 0 Å². The SMILES string of the molecule is COc1cc(/C=C/C(=O)N[C@@H](C)CO)cc(OC)c1OC. The van der Waals surface area contributed by atoms with E-state index in [0.717, 1.165) is 5.56 Å². The minimum atomic E-state index is -0.290. The fraction of sp³-hybridized carbons (Fsp3) is 0.400. The van der Waals surface area contributed by atoms with Gasteiger partial charge in [-0.2, -0.15) is 0 Å². The molecule has 116 valence electrons. The molecule has 1 atom stereocenters. The number of aliphatic hydroxyl groups excluding tert-OH is 1. The second kappa shape index (κ2) is 8.16. The average Bonchev–Trinajstić information content (AvgIpc) is 2.51. The third kappa shape index (κ3) is 4.68. The van der Waals surface area contributed by atoms with E-state index in [1.807, 2.05) is 0 Å². The Hall–Kier alpha value is -2.21. The van der Waals surface area contributed by atoms with Crippen LogP contribution in [0.15, 0.2) is 18.2 Å². The van der Waals surface area contributed by atoms with Gasteiger partial charge in [-0.3, -0.25) is 4.79 Å². The summed E-state index contributed by atoms with van der Waals surface area (Å²) in [5.74, 6) is 1.24. The Morgan fingerprint density at radius 2 is 1.81 bits per heavy atom. The molecule has 0 radical (unpaired) electrons. The highest BCUT2D eigenvalue weighted by atomic mass is 16.5. The van der Waals surface area contributed by atoms with Crippen LogP contribution in [0.5, 0.6) is 17.2 Å². The Labute approximate surface area is 124 Å². The lowest BCUT2D eigenvalue weighted by molar-refractivity contribution is -0.117. The maximum absolute atomic E-state index is 11.6. The molecule has 0 heterocycles. The molecule has 0 aliphatic rings. The fourth-order valence-corrected chi connectivity index (χ4v) is 1.71. The first kappa shape index (κ1) is 16.8. The number of rotatable bonds is 7. The van der Waals surface area contributed by atoms with Crippen molar-refractivity contribution in [2.45, 2.75) is 13.0 Å². The van der Waals surface area contributed by atoms with E-state index in [9.17, 15) is 4.79 Å². The van der Waals surface area contributed by atoms with Crippen LogP contribution in [0.2, 0.25) is 0 Å². The van der Waals surface area contributed by atoms with E-state index in [2.05, 4.69) is 5.32 Å². The van der Waals surface area contributed by atoms with Crippen LogP contribution >= 0.6 is 0 Å². The van der Waals surface area contributed by atoms with Gasteiger partial charge >= 0.3 is 0 Å². The summed E-state index contributed by atoms with van der Waals surface area (Å²) in [7, 11) is 4.58. The van der Waals surface area contributed by atoms with Crippen LogP contribution in [0.25, 0.3) is 6.08 Å². The lowest BCUT2D eigenvalue weighted by Crippen LogP contribution is -2.33. The third-order valence-corrected chi connectivity index (χ3v) is 2.78. The number of carbonyl (C=O) groups is 1. The quantitative estimate of drug-likeness (QED) is 0.740. The zero-order valence-corrected chi connectivity index (χ0v) is 12.7. The summed E-state index contributed by atoms with van der Waals surface area (Å²) in [5.41, 5.74) is 0.733. The Kier molecular flexibility index (Phi) is 6.55. The van der Waals surface area contributed by atoms with Crippen LogP contribution in [-0.2, 0) is 4.79 Å². The van der Waals surface area contributed by atoms with E-state index in [1.165, 1.54) is 27.4 Å². The van der Waals surface area contributed by atoms with Gasteiger partial charge < -0.3 is 24.6 Å². The number of hydrogen-bond acceptors (Lipinski definition) is 5. The Morgan fingerprint density at radius 1 is 1.24 bits per heavy atom. The minimum absolute atomic E-state index is 0.107. The molecule has 0 unspecified atom stereocenters. The van der Waals surface area contributed by atoms with E-state index in [1.54, 1.807) is 25.1 Å². The van der Waals surface area contributed by atoms with Gasteiger partial charge in [-0.05, 0) is 30.7 Å². The highest BCUT2D eigenvalue weighted by molar-refractivity contribution is 5.92. The molecule has 0 aliphatic carbocycles. The Morgan fingerprint density at radius 3 is 2.24 bits per heavy atom. The zero-order chi connectivity index (χ0) is 15.8. The average molecular weight is 295 g/mol. The number of amides is 1. The number of hydrogen-bond donors (Lipinski definition) is 2. The van der Waals surface area contributed by atoms with Crippen molar-refractivity contribution >= 4 is 12.0 Å². The molecule has 0 saturated carbocycles. The Balaban J connectivity index is 2.96. The van der Waals surface area contributed by atoms with Crippen molar-refractivity contribution in [1.29, 1.82) is 0 Å². The van der Waals surface area contributed by atoms with Gasteiger partial charge in [0, 0.05) is 12.1 Å². The lowest BCUT2D eigenvalue weighted by atomic mass is 10.1. The van der Waals surface area contributed by atoms with Crippen molar-refractivity contribution in [3.05, 3.63) is 23.8 Å². The van der Waals surface area contributed by atoms with E-state index < -0.39 is 0 Å². The number of ether oxygens (including phenoxy) is 3. The maximum Gasteiger partial charge on any atom is 0.244 e. The van der Waals surface area contributed by atoms with Gasteiger partial charge in [0.05, 0.1) is 27.9 Å². The van der Waals surface area contributed by atoms with Crippen molar-refractivity contribution in [2.24, 2.45) is 0 Å². The van der Waals surface area contributed by atoms with Gasteiger partial charge in [-0.1, -0.05) is 0 Å². The molecule has 1 aromatic rings. The van der Waals surface area contributed by atoms with Crippen LogP contribution < -0.4 is 19.5 Å². The molecular weight excluding hydrogens is 274 g/mol. The highest BCUT2D eigenvalue weighted by Gasteiger charge is 2.12. The number of carbonyl (C=O) groups excluding carboxylic acids is 1. The van der Waals surface area contributed by atoms with Crippen molar-refractivity contribution in [1.82, 2.24) is 5.32 Å². The topological polar surface area (TPSA) is 77.0 Å². The summed E-state index contributed by atoms with van der Waals surface area (Å²) in [6.07, 6.45) is 3.01. The van der Waals surface area contributed by atoms with Gasteiger partial charge in [-0.25, -0.2) is 0 Å². The molecule has 0 aliphatic heterocycles. The van der Waals surface area contributed by atoms with Crippen molar-refractivity contribution in [2.75, 3.05) is 27.9 Å². The van der Waals surface area contributed by atoms with Crippen LogP contribution in [0.4, 0.5) is 0 Å². The molecule has 0 aromatic heterocycles. The van der Waals surface area contributed by atoms with Crippen molar-refractivity contribution in [3.8, 4) is 17.2 Å². The van der Waals surface area contributed by atoms with Crippen LogP contribution in [0.1, 0.15) is 12.5 Å². The number of nitrogens with one attached hydrogen (secondary N) is 1. The van der Waals surface area contributed by atoms with Gasteiger partial charge in [0.15, 0.2) is 11.5 Å². The predicted molar refractivity (Wildman–Crippen MR) is 79.8 cm³/mol. The molecule has 1 amide bonds. The fourth-order valence-electron chi connectivity index (χ4n) is 1.71. The minimum Gasteiger partial charge on any atom is -0.493 e. The first-order valence-corrected chi connectivity index (χ1v) is 6.45. The van der Waals surface area contributed by atoms with Gasteiger partial charge in [0.1, 0.15) is 0 Å². The van der Waals surface area contributed by atoms with E-state index >= 15 is 0 Å². The van der Waals surface area contributed by atoms with E-state index in [-0.39, 0.29) is 18.6 Å². The lowest BCUT2D eigenvalue weighted by Gasteiger charge is -2.13. The van der Waals surface area contributed by atoms with Crippen LogP contribution in [0.3, 0.4) is 0 Å². The third-order valence-electron chi connectivity index (χ3n) is 2.78. The molecule has 1 rings (SSSR count). The molecule has 21 heavy (non-hydrogen) atoms. The predicted octanol–water partition coefficient (Wildman–Crippen LogP) is 1.22. The van der Waals surface area contributed by atoms with Gasteiger partial charge in [0.25, 0.3) is 0 Å². The molecular formula is C15H21NO5. The normalized spacial score (nSPS) is 12.0. The van der Waals surface area contributed by atoms with Gasteiger partial charge in [0.2, 0.25) is 11.7 Å². The van der Waals surface area contributed by atoms with E-state index in [0.29, 0.717) is 17.2 Å². The second-order valence-corrected chi connectivity index (χ2v) is 4.38. The molecule has 6 heteroatoms. The van der Waals surface area contributed by atoms with Crippen LogP contribution in [-0.4, -0.2) is 45.0 Å². The molecule has 0 bridgehead atoms. The zero-order valence-electron chi connectivity index (χ0n) is 12.7. The first-order valence-electron chi connectivity index (χ1n) is 6.45. The number of aliphatic hydroxyl groups is 1. The summed E-state index contributed by atoms with van der Waals surface area (Å²) in [6.45, 7) is 1.61. The van der Waals surface area contributed by atoms with Crippen LogP contribution in [0, 0.1) is 0 Å². The second-order valence-electron chi connectivity index (χ2n) is 4.38. The smallest absolute Gasteiger partial charge is 0.244 e. The molecule has 0 saturated heterocycles. The molecule has 0 fully saturated rings. The van der Waals surface area contributed by atoms with Crippen molar-refractivity contribution < 1.29 is 24.1 Å². The summed E-state index contributed by atoms with van der Waals surface area (Å²) >= 11 is 0. The summed E-state index contributed by atoms with van der Waals surface area (Å²) in [4.78, 5) is 11.6. The highest BCUT2D eigenvalue weighted by Crippen LogP contribution is 2.38. The summed E-state index contributed by atoms with van der Waals surface area (Å²) < 4.78 is 15.7. The summed E-state index contributed by atoms with van der Waals surface area (Å²) in [6, 6.07) is 3.18. The van der Waals surface area contributed by atoms with Crippen molar-refractivity contribution in [3.63, 3.8) is 0 Å². The largest absolute Gasteiger partial charge is 0.493 e.